The summed E-state index contributed by atoms with van der Waals surface area (Å²) in [5.74, 6) is -2.81. The molecule has 1 saturated heterocycles. The van der Waals surface area contributed by atoms with Crippen molar-refractivity contribution >= 4 is 46.8 Å². The van der Waals surface area contributed by atoms with Gasteiger partial charge in [0.15, 0.2) is 0 Å². The molecule has 28 heavy (non-hydrogen) atoms. The quantitative estimate of drug-likeness (QED) is 0.720. The van der Waals surface area contributed by atoms with Crippen LogP contribution in [-0.4, -0.2) is 39.8 Å². The van der Waals surface area contributed by atoms with Crippen LogP contribution in [0.3, 0.4) is 0 Å². The number of anilines is 2. The summed E-state index contributed by atoms with van der Waals surface area (Å²) in [7, 11) is 0. The largest absolute Gasteiger partial charge is 0.478 e. The zero-order chi connectivity index (χ0) is 20.3. The van der Waals surface area contributed by atoms with Gasteiger partial charge in [0.2, 0.25) is 17.7 Å². The van der Waals surface area contributed by atoms with Gasteiger partial charge < -0.3 is 10.4 Å². The van der Waals surface area contributed by atoms with Gasteiger partial charge in [-0.2, -0.15) is 0 Å². The molecule has 2 aromatic carbocycles. The maximum Gasteiger partial charge on any atom is 0.335 e. The van der Waals surface area contributed by atoms with Crippen molar-refractivity contribution in [1.82, 2.24) is 0 Å². The maximum atomic E-state index is 12.9. The monoisotopic (exact) mass is 402 g/mol. The minimum atomic E-state index is -1.11. The van der Waals surface area contributed by atoms with E-state index in [1.54, 1.807) is 0 Å². The zero-order valence-corrected chi connectivity index (χ0v) is 15.2. The van der Waals surface area contributed by atoms with Crippen molar-refractivity contribution in [2.24, 2.45) is 0 Å². The number of hydrogen-bond donors (Lipinski definition) is 2. The number of nitrogens with one attached hydrogen (secondary N) is 1. The van der Waals surface area contributed by atoms with Gasteiger partial charge in [-0.25, -0.2) is 14.1 Å². The highest BCUT2D eigenvalue weighted by molar-refractivity contribution is 8.01. The van der Waals surface area contributed by atoms with Crippen molar-refractivity contribution in [1.29, 1.82) is 0 Å². The summed E-state index contributed by atoms with van der Waals surface area (Å²) in [6.07, 6.45) is -0.0476. The molecule has 2 N–H and O–H groups in total. The van der Waals surface area contributed by atoms with E-state index < -0.39 is 28.9 Å². The Bertz CT molecular complexity index is 930. The number of amides is 3. The van der Waals surface area contributed by atoms with Crippen LogP contribution in [0.1, 0.15) is 16.8 Å². The molecule has 1 aliphatic rings. The number of aromatic carboxylic acids is 1. The smallest absolute Gasteiger partial charge is 0.335 e. The number of thioether (sulfide) groups is 1. The third kappa shape index (κ3) is 4.37. The molecule has 1 aliphatic heterocycles. The molecular formula is C19H15FN2O5S. The second kappa shape index (κ2) is 8.22. The Morgan fingerprint density at radius 3 is 2.36 bits per heavy atom. The molecule has 2 aromatic rings. The maximum absolute atomic E-state index is 12.9. The van der Waals surface area contributed by atoms with Crippen molar-refractivity contribution in [3.05, 3.63) is 59.9 Å². The number of hydrogen-bond acceptors (Lipinski definition) is 5. The van der Waals surface area contributed by atoms with E-state index in [1.807, 2.05) is 0 Å². The fourth-order valence-electron chi connectivity index (χ4n) is 2.67. The number of halogens is 1. The first-order valence-corrected chi connectivity index (χ1v) is 9.27. The molecule has 1 heterocycles. The number of carbonyl (C=O) groups excluding carboxylic acids is 3. The first-order chi connectivity index (χ1) is 13.3. The molecule has 0 unspecified atom stereocenters. The summed E-state index contributed by atoms with van der Waals surface area (Å²) in [5.41, 5.74) is 0.770. The normalized spacial score (nSPS) is 16.3. The summed E-state index contributed by atoms with van der Waals surface area (Å²) in [6, 6.07) is 10.7. The Balaban J connectivity index is 1.59. The number of rotatable bonds is 6. The van der Waals surface area contributed by atoms with Crippen LogP contribution in [0.4, 0.5) is 15.8 Å². The van der Waals surface area contributed by atoms with Crippen LogP contribution in [0.15, 0.2) is 48.5 Å². The van der Waals surface area contributed by atoms with Gasteiger partial charge in [-0.1, -0.05) is 0 Å². The lowest BCUT2D eigenvalue weighted by Gasteiger charge is -2.15. The van der Waals surface area contributed by atoms with Crippen LogP contribution in [0.25, 0.3) is 0 Å². The molecule has 1 fully saturated rings. The molecule has 7 nitrogen and oxygen atoms in total. The fourth-order valence-corrected chi connectivity index (χ4v) is 3.60. The first-order valence-electron chi connectivity index (χ1n) is 8.22. The van der Waals surface area contributed by atoms with Crippen molar-refractivity contribution in [3.8, 4) is 0 Å². The summed E-state index contributed by atoms with van der Waals surface area (Å²) < 4.78 is 12.9. The summed E-state index contributed by atoms with van der Waals surface area (Å²) >= 11 is 1.04. The van der Waals surface area contributed by atoms with Crippen molar-refractivity contribution in [2.45, 2.75) is 11.7 Å². The highest BCUT2D eigenvalue weighted by atomic mass is 32.2. The van der Waals surface area contributed by atoms with Crippen molar-refractivity contribution in [3.63, 3.8) is 0 Å². The number of benzene rings is 2. The molecule has 0 radical (unpaired) electrons. The number of carboxylic acids is 1. The number of carbonyl (C=O) groups is 4. The summed E-state index contributed by atoms with van der Waals surface area (Å²) in [6.45, 7) is 0. The Hall–Kier alpha value is -3.20. The van der Waals surface area contributed by atoms with Gasteiger partial charge in [-0.3, -0.25) is 14.4 Å². The molecule has 0 aliphatic carbocycles. The lowest BCUT2D eigenvalue weighted by molar-refractivity contribution is -0.121. The van der Waals surface area contributed by atoms with Crippen LogP contribution >= 0.6 is 11.8 Å². The van der Waals surface area contributed by atoms with E-state index in [0.717, 1.165) is 16.7 Å². The van der Waals surface area contributed by atoms with E-state index in [0.29, 0.717) is 11.4 Å². The molecule has 3 amide bonds. The molecule has 0 aromatic heterocycles. The van der Waals surface area contributed by atoms with Crippen molar-refractivity contribution in [2.75, 3.05) is 16.0 Å². The van der Waals surface area contributed by atoms with Crippen LogP contribution in [-0.2, 0) is 14.4 Å². The molecule has 0 bridgehead atoms. The van der Waals surface area contributed by atoms with Crippen molar-refractivity contribution < 1.29 is 28.7 Å². The van der Waals surface area contributed by atoms with Gasteiger partial charge in [0.25, 0.3) is 0 Å². The number of imide groups is 1. The standard InChI is InChI=1S/C19H15FN2O5S/c20-12-3-5-13(6-4-12)21-16(23)10-28-15-9-17(24)22(18(15)25)14-7-1-11(2-8-14)19(26)27/h1-8,15H,9-10H2,(H,21,23)(H,26,27)/t15-/m0/s1. The van der Waals surface area contributed by atoms with Crippen LogP contribution in [0.2, 0.25) is 0 Å². The van der Waals surface area contributed by atoms with Gasteiger partial charge in [-0.15, -0.1) is 11.8 Å². The van der Waals surface area contributed by atoms with Gasteiger partial charge in [-0.05, 0) is 48.5 Å². The molecule has 144 valence electrons. The van der Waals surface area contributed by atoms with Crippen LogP contribution in [0.5, 0.6) is 0 Å². The van der Waals surface area contributed by atoms with E-state index in [-0.39, 0.29) is 23.6 Å². The van der Waals surface area contributed by atoms with E-state index in [4.69, 9.17) is 5.11 Å². The fraction of sp³-hybridized carbons (Fsp3) is 0.158. The average molecular weight is 402 g/mol. The highest BCUT2D eigenvalue weighted by Crippen LogP contribution is 2.30. The highest BCUT2D eigenvalue weighted by Gasteiger charge is 2.40. The Labute approximate surface area is 163 Å². The average Bonchev–Trinajstić information content (AvgIpc) is 2.95. The van der Waals surface area contributed by atoms with Crippen LogP contribution < -0.4 is 10.2 Å². The van der Waals surface area contributed by atoms with E-state index in [1.165, 1.54) is 48.5 Å². The van der Waals surface area contributed by atoms with Gasteiger partial charge in [0, 0.05) is 12.1 Å². The predicted octanol–water partition coefficient (Wildman–Crippen LogP) is 2.53. The third-order valence-corrected chi connectivity index (χ3v) is 5.22. The lowest BCUT2D eigenvalue weighted by Crippen LogP contribution is -2.31. The summed E-state index contributed by atoms with van der Waals surface area (Å²) in [5, 5.41) is 10.8. The van der Waals surface area contributed by atoms with Gasteiger partial charge in [0.05, 0.1) is 22.3 Å². The molecule has 9 heteroatoms. The van der Waals surface area contributed by atoms with Crippen LogP contribution in [0, 0.1) is 5.82 Å². The molecule has 0 spiro atoms. The minimum absolute atomic E-state index is 0.0474. The Morgan fingerprint density at radius 1 is 1.11 bits per heavy atom. The van der Waals surface area contributed by atoms with E-state index in [9.17, 15) is 23.6 Å². The topological polar surface area (TPSA) is 104 Å². The third-order valence-electron chi connectivity index (χ3n) is 4.02. The zero-order valence-electron chi connectivity index (χ0n) is 14.4. The summed E-state index contributed by atoms with van der Waals surface area (Å²) in [4.78, 5) is 48.7. The molecular weight excluding hydrogens is 387 g/mol. The molecule has 0 saturated carbocycles. The van der Waals surface area contributed by atoms with Gasteiger partial charge >= 0.3 is 5.97 Å². The minimum Gasteiger partial charge on any atom is -0.478 e. The second-order valence-corrected chi connectivity index (χ2v) is 7.17. The lowest BCUT2D eigenvalue weighted by atomic mass is 10.2. The number of nitrogens with zero attached hydrogens (tertiary/aromatic N) is 1. The Morgan fingerprint density at radius 2 is 1.75 bits per heavy atom. The first kappa shape index (κ1) is 19.6. The second-order valence-electron chi connectivity index (χ2n) is 5.98. The SMILES string of the molecule is O=C(CS[C@H]1CC(=O)N(c2ccc(C(=O)O)cc2)C1=O)Nc1ccc(F)cc1. The molecule has 1 atom stereocenters. The predicted molar refractivity (Wildman–Crippen MR) is 102 cm³/mol. The molecule has 3 rings (SSSR count). The van der Waals surface area contributed by atoms with E-state index in [2.05, 4.69) is 5.32 Å². The number of carboxylic acid groups (broad SMARTS) is 1. The Kier molecular flexibility index (Phi) is 5.74. The van der Waals surface area contributed by atoms with Gasteiger partial charge in [0.1, 0.15) is 5.82 Å². The van der Waals surface area contributed by atoms with E-state index >= 15 is 0 Å².